The molecule has 0 bridgehead atoms. The molecule has 0 atom stereocenters. The Hall–Kier alpha value is -1.97. The third-order valence-corrected chi connectivity index (χ3v) is 2.50. The molecule has 16 heavy (non-hydrogen) atoms. The number of furan rings is 1. The van der Waals surface area contributed by atoms with E-state index in [1.807, 2.05) is 0 Å². The summed E-state index contributed by atoms with van der Waals surface area (Å²) in [5.74, 6) is -1.57. The largest absolute Gasteiger partial charge is 0.465 e. The Morgan fingerprint density at radius 3 is 2.56 bits per heavy atom. The molecule has 1 aromatic rings. The maximum Gasteiger partial charge on any atom is 0.173 e. The van der Waals surface area contributed by atoms with Crippen LogP contribution in [0.25, 0.3) is 6.08 Å². The second-order valence-corrected chi connectivity index (χ2v) is 3.62. The van der Waals surface area contributed by atoms with Crippen LogP contribution in [-0.2, 0) is 14.4 Å². The van der Waals surface area contributed by atoms with Crippen LogP contribution in [0.5, 0.6) is 0 Å². The van der Waals surface area contributed by atoms with Crippen LogP contribution in [0.2, 0.25) is 0 Å². The van der Waals surface area contributed by atoms with Crippen LogP contribution in [0.1, 0.15) is 18.6 Å². The number of ketones is 3. The molecule has 1 fully saturated rings. The summed E-state index contributed by atoms with van der Waals surface area (Å²) in [6.45, 7) is 0. The SMILES string of the molecule is O=C(/C=C\c1ccco1)C1C(=O)CCC1=O. The highest BCUT2D eigenvalue weighted by Crippen LogP contribution is 2.19. The van der Waals surface area contributed by atoms with E-state index < -0.39 is 11.7 Å². The van der Waals surface area contributed by atoms with Crippen molar-refractivity contribution in [1.29, 1.82) is 0 Å². The molecule has 4 nitrogen and oxygen atoms in total. The van der Waals surface area contributed by atoms with E-state index in [1.165, 1.54) is 18.4 Å². The van der Waals surface area contributed by atoms with E-state index in [9.17, 15) is 14.4 Å². The fourth-order valence-electron chi connectivity index (χ4n) is 1.68. The monoisotopic (exact) mass is 218 g/mol. The molecule has 0 unspecified atom stereocenters. The Bertz CT molecular complexity index is 437. The van der Waals surface area contributed by atoms with E-state index in [2.05, 4.69) is 0 Å². The number of hydrogen-bond acceptors (Lipinski definition) is 4. The highest BCUT2D eigenvalue weighted by atomic mass is 16.3. The summed E-state index contributed by atoms with van der Waals surface area (Å²) in [7, 11) is 0. The van der Waals surface area contributed by atoms with Gasteiger partial charge in [-0.25, -0.2) is 0 Å². The lowest BCUT2D eigenvalue weighted by Crippen LogP contribution is -2.23. The number of hydrogen-bond donors (Lipinski definition) is 0. The molecular formula is C12H10O4. The number of carbonyl (C=O) groups excluding carboxylic acids is 3. The van der Waals surface area contributed by atoms with Crippen LogP contribution in [-0.4, -0.2) is 17.3 Å². The molecule has 1 aliphatic carbocycles. The molecule has 82 valence electrons. The number of rotatable bonds is 3. The fourth-order valence-corrected chi connectivity index (χ4v) is 1.68. The van der Waals surface area contributed by atoms with E-state index in [-0.39, 0.29) is 24.4 Å². The van der Waals surface area contributed by atoms with Crippen molar-refractivity contribution in [2.75, 3.05) is 0 Å². The fraction of sp³-hybridized carbons (Fsp3) is 0.250. The molecule has 0 N–H and O–H groups in total. The standard InChI is InChI=1S/C12H10O4/c13-9(4-3-8-2-1-7-16-8)12-10(14)5-6-11(12)15/h1-4,7,12H,5-6H2/b4-3-. The minimum absolute atomic E-state index is 0.184. The summed E-state index contributed by atoms with van der Waals surface area (Å²) >= 11 is 0. The second-order valence-electron chi connectivity index (χ2n) is 3.62. The molecule has 1 aromatic heterocycles. The summed E-state index contributed by atoms with van der Waals surface area (Å²) in [5.41, 5.74) is 0. The van der Waals surface area contributed by atoms with Gasteiger partial charge in [0.25, 0.3) is 0 Å². The van der Waals surface area contributed by atoms with Gasteiger partial charge in [0.15, 0.2) is 17.3 Å². The summed E-state index contributed by atoms with van der Waals surface area (Å²) in [5, 5.41) is 0. The van der Waals surface area contributed by atoms with Gasteiger partial charge in [0.2, 0.25) is 0 Å². The summed E-state index contributed by atoms with van der Waals surface area (Å²) in [6.07, 6.45) is 4.54. The number of Topliss-reactive ketones (excluding diaryl/α,β-unsaturated/α-hetero) is 2. The maximum absolute atomic E-state index is 11.6. The first kappa shape index (κ1) is 10.5. The van der Waals surface area contributed by atoms with Gasteiger partial charge in [-0.3, -0.25) is 14.4 Å². The van der Waals surface area contributed by atoms with E-state index in [4.69, 9.17) is 4.42 Å². The van der Waals surface area contributed by atoms with E-state index in [1.54, 1.807) is 12.1 Å². The molecule has 1 saturated carbocycles. The second kappa shape index (κ2) is 4.26. The first-order valence-electron chi connectivity index (χ1n) is 4.99. The van der Waals surface area contributed by atoms with E-state index in [0.717, 1.165) is 0 Å². The predicted octanol–water partition coefficient (Wildman–Crippen LogP) is 1.41. The zero-order chi connectivity index (χ0) is 11.5. The highest BCUT2D eigenvalue weighted by Gasteiger charge is 2.37. The van der Waals surface area contributed by atoms with Crippen molar-refractivity contribution < 1.29 is 18.8 Å². The van der Waals surface area contributed by atoms with Gasteiger partial charge in [-0.15, -0.1) is 0 Å². The maximum atomic E-state index is 11.6. The highest BCUT2D eigenvalue weighted by molar-refractivity contribution is 6.26. The van der Waals surface area contributed by atoms with Gasteiger partial charge in [0, 0.05) is 12.8 Å². The average molecular weight is 218 g/mol. The van der Waals surface area contributed by atoms with Crippen molar-refractivity contribution in [3.8, 4) is 0 Å². The van der Waals surface area contributed by atoms with Gasteiger partial charge in [-0.2, -0.15) is 0 Å². The first-order valence-corrected chi connectivity index (χ1v) is 4.99. The van der Waals surface area contributed by atoms with Crippen molar-refractivity contribution in [2.24, 2.45) is 5.92 Å². The van der Waals surface area contributed by atoms with Crippen LogP contribution < -0.4 is 0 Å². The quantitative estimate of drug-likeness (QED) is 0.568. The predicted molar refractivity (Wildman–Crippen MR) is 55.5 cm³/mol. The smallest absolute Gasteiger partial charge is 0.173 e. The van der Waals surface area contributed by atoms with Gasteiger partial charge < -0.3 is 4.42 Å². The summed E-state index contributed by atoms with van der Waals surface area (Å²) < 4.78 is 4.99. The topological polar surface area (TPSA) is 64.3 Å². The minimum atomic E-state index is -1.08. The molecule has 0 amide bonds. The first-order chi connectivity index (χ1) is 7.68. The lowest BCUT2D eigenvalue weighted by atomic mass is 10.0. The van der Waals surface area contributed by atoms with E-state index in [0.29, 0.717) is 5.76 Å². The molecule has 1 aliphatic rings. The van der Waals surface area contributed by atoms with Gasteiger partial charge in [0.1, 0.15) is 11.7 Å². The molecule has 0 aliphatic heterocycles. The lowest BCUT2D eigenvalue weighted by molar-refractivity contribution is -0.133. The molecule has 0 radical (unpaired) electrons. The van der Waals surface area contributed by atoms with E-state index >= 15 is 0 Å². The zero-order valence-corrected chi connectivity index (χ0v) is 8.51. The summed E-state index contributed by atoms with van der Waals surface area (Å²) in [4.78, 5) is 34.2. The lowest BCUT2D eigenvalue weighted by Gasteiger charge is -1.99. The molecule has 2 rings (SSSR count). The molecule has 0 aromatic carbocycles. The Balaban J connectivity index is 2.08. The average Bonchev–Trinajstić information content (AvgIpc) is 2.86. The van der Waals surface area contributed by atoms with Crippen molar-refractivity contribution in [3.63, 3.8) is 0 Å². The molecule has 0 saturated heterocycles. The number of allylic oxidation sites excluding steroid dienone is 1. The zero-order valence-electron chi connectivity index (χ0n) is 8.51. The van der Waals surface area contributed by atoms with Crippen molar-refractivity contribution in [2.45, 2.75) is 12.8 Å². The molecule has 4 heteroatoms. The van der Waals surface area contributed by atoms with Crippen LogP contribution in [0.4, 0.5) is 0 Å². The van der Waals surface area contributed by atoms with Crippen LogP contribution >= 0.6 is 0 Å². The third kappa shape index (κ3) is 2.00. The van der Waals surface area contributed by atoms with Gasteiger partial charge in [-0.05, 0) is 24.3 Å². The third-order valence-electron chi connectivity index (χ3n) is 2.50. The van der Waals surface area contributed by atoms with Gasteiger partial charge >= 0.3 is 0 Å². The minimum Gasteiger partial charge on any atom is -0.465 e. The molecular weight excluding hydrogens is 208 g/mol. The van der Waals surface area contributed by atoms with Crippen molar-refractivity contribution in [1.82, 2.24) is 0 Å². The Morgan fingerprint density at radius 1 is 1.31 bits per heavy atom. The molecule has 1 heterocycles. The van der Waals surface area contributed by atoms with Gasteiger partial charge in [0.05, 0.1) is 6.26 Å². The van der Waals surface area contributed by atoms with Crippen molar-refractivity contribution >= 4 is 23.4 Å². The van der Waals surface area contributed by atoms with Crippen LogP contribution in [0, 0.1) is 5.92 Å². The Kier molecular flexibility index (Phi) is 2.81. The normalized spacial score (nSPS) is 17.5. The molecule has 0 spiro atoms. The van der Waals surface area contributed by atoms with Gasteiger partial charge in [-0.1, -0.05) is 0 Å². The van der Waals surface area contributed by atoms with Crippen molar-refractivity contribution in [3.05, 3.63) is 30.2 Å². The van der Waals surface area contributed by atoms with Crippen LogP contribution in [0.3, 0.4) is 0 Å². The van der Waals surface area contributed by atoms with Crippen LogP contribution in [0.15, 0.2) is 28.9 Å². The Morgan fingerprint density at radius 2 is 2.00 bits per heavy atom. The number of carbonyl (C=O) groups is 3. The Labute approximate surface area is 91.9 Å². The summed E-state index contributed by atoms with van der Waals surface area (Å²) in [6, 6.07) is 3.37.